The number of thiophene rings is 1. The number of anilines is 1. The summed E-state index contributed by atoms with van der Waals surface area (Å²) < 4.78 is 5.70. The SMILES string of the molecule is NC(CCC1c2ccsc2N=CN1c1cnccn1)Oc1ccc(C(=O)O)nc1. The Morgan fingerprint density at radius 1 is 1.28 bits per heavy atom. The van der Waals surface area contributed by atoms with Crippen LogP contribution in [-0.4, -0.2) is 38.6 Å². The van der Waals surface area contributed by atoms with Crippen LogP contribution in [0.15, 0.2) is 53.4 Å². The number of nitrogens with two attached hydrogens (primary N) is 1. The van der Waals surface area contributed by atoms with Gasteiger partial charge in [-0.2, -0.15) is 0 Å². The standard InChI is InChI=1S/C19H18N6O3S/c20-16(28-12-1-2-14(19(26)27)23-9-12)4-3-15-13-5-8-29-18(13)24-11-25(15)17-10-21-6-7-22-17/h1-2,5-11,15-16H,3-4,20H2,(H,26,27). The first kappa shape index (κ1) is 19.0. The number of rotatable bonds is 7. The summed E-state index contributed by atoms with van der Waals surface area (Å²) in [6, 6.07) is 5.00. The second-order valence-electron chi connectivity index (χ2n) is 6.33. The van der Waals surface area contributed by atoms with E-state index in [1.165, 1.54) is 12.3 Å². The molecule has 3 aromatic heterocycles. The highest BCUT2D eigenvalue weighted by molar-refractivity contribution is 7.14. The zero-order chi connectivity index (χ0) is 20.2. The van der Waals surface area contributed by atoms with Crippen LogP contribution in [0.4, 0.5) is 10.8 Å². The fourth-order valence-electron chi connectivity index (χ4n) is 3.08. The zero-order valence-corrected chi connectivity index (χ0v) is 16.1. The number of nitrogens with zero attached hydrogens (tertiary/aromatic N) is 5. The normalized spacial score (nSPS) is 16.3. The van der Waals surface area contributed by atoms with Gasteiger partial charge in [-0.3, -0.25) is 10.7 Å². The van der Waals surface area contributed by atoms with Crippen LogP contribution in [0.25, 0.3) is 0 Å². The van der Waals surface area contributed by atoms with Crippen molar-refractivity contribution < 1.29 is 14.6 Å². The van der Waals surface area contributed by atoms with Gasteiger partial charge in [0.05, 0.1) is 24.8 Å². The average Bonchev–Trinajstić information content (AvgIpc) is 3.22. The van der Waals surface area contributed by atoms with E-state index in [2.05, 4.69) is 26.0 Å². The van der Waals surface area contributed by atoms with Crippen LogP contribution >= 0.6 is 11.3 Å². The van der Waals surface area contributed by atoms with E-state index in [1.807, 2.05) is 10.3 Å². The molecule has 1 aliphatic heterocycles. The number of aliphatic imine (C=N–C) groups is 1. The summed E-state index contributed by atoms with van der Waals surface area (Å²) in [7, 11) is 0. The summed E-state index contributed by atoms with van der Waals surface area (Å²) >= 11 is 1.59. The molecule has 29 heavy (non-hydrogen) atoms. The zero-order valence-electron chi connectivity index (χ0n) is 15.3. The molecule has 3 N–H and O–H groups in total. The fraction of sp³-hybridized carbons (Fsp3) is 0.211. The Bertz CT molecular complexity index is 1010. The highest BCUT2D eigenvalue weighted by Gasteiger charge is 2.28. The van der Waals surface area contributed by atoms with Crippen molar-refractivity contribution in [3.8, 4) is 5.75 Å². The summed E-state index contributed by atoms with van der Waals surface area (Å²) in [5, 5.41) is 11.9. The van der Waals surface area contributed by atoms with E-state index in [4.69, 9.17) is 15.6 Å². The molecule has 10 heteroatoms. The van der Waals surface area contributed by atoms with Gasteiger partial charge in [-0.15, -0.1) is 11.3 Å². The molecule has 4 rings (SSSR count). The van der Waals surface area contributed by atoms with Crippen LogP contribution in [0.2, 0.25) is 0 Å². The van der Waals surface area contributed by atoms with Crippen molar-refractivity contribution in [3.05, 3.63) is 59.6 Å². The van der Waals surface area contributed by atoms with Crippen LogP contribution in [0.1, 0.15) is 34.9 Å². The van der Waals surface area contributed by atoms with Crippen LogP contribution < -0.4 is 15.4 Å². The van der Waals surface area contributed by atoms with E-state index in [1.54, 1.807) is 42.3 Å². The van der Waals surface area contributed by atoms with Crippen molar-refractivity contribution in [2.75, 3.05) is 4.90 Å². The molecule has 3 aromatic rings. The molecule has 0 aromatic carbocycles. The van der Waals surface area contributed by atoms with Gasteiger partial charge in [0.15, 0.2) is 5.82 Å². The number of hydrogen-bond donors (Lipinski definition) is 2. The van der Waals surface area contributed by atoms with Crippen molar-refractivity contribution in [3.63, 3.8) is 0 Å². The molecule has 2 unspecified atom stereocenters. The second kappa shape index (κ2) is 8.33. The minimum Gasteiger partial charge on any atom is -0.477 e. The highest BCUT2D eigenvalue weighted by atomic mass is 32.1. The molecule has 0 saturated carbocycles. The molecular weight excluding hydrogens is 392 g/mol. The van der Waals surface area contributed by atoms with E-state index < -0.39 is 12.2 Å². The number of carboxylic acids is 1. The summed E-state index contributed by atoms with van der Waals surface area (Å²) in [4.78, 5) is 29.7. The average molecular weight is 410 g/mol. The molecule has 0 fully saturated rings. The van der Waals surface area contributed by atoms with Gasteiger partial charge < -0.3 is 14.7 Å². The van der Waals surface area contributed by atoms with Crippen molar-refractivity contribution in [1.82, 2.24) is 15.0 Å². The van der Waals surface area contributed by atoms with E-state index in [0.29, 0.717) is 24.4 Å². The van der Waals surface area contributed by atoms with Crippen molar-refractivity contribution in [2.45, 2.75) is 25.1 Å². The maximum Gasteiger partial charge on any atom is 0.354 e. The van der Waals surface area contributed by atoms with Crippen molar-refractivity contribution >= 4 is 34.5 Å². The first-order valence-corrected chi connectivity index (χ1v) is 9.77. The fourth-order valence-corrected chi connectivity index (χ4v) is 3.88. The first-order chi connectivity index (χ1) is 14.1. The molecule has 1 aliphatic rings. The third-order valence-corrected chi connectivity index (χ3v) is 5.29. The van der Waals surface area contributed by atoms with E-state index in [0.717, 1.165) is 10.6 Å². The van der Waals surface area contributed by atoms with Crippen LogP contribution in [-0.2, 0) is 0 Å². The number of pyridine rings is 1. The smallest absolute Gasteiger partial charge is 0.354 e. The molecule has 9 nitrogen and oxygen atoms in total. The van der Waals surface area contributed by atoms with Crippen LogP contribution in [0.5, 0.6) is 5.75 Å². The van der Waals surface area contributed by atoms with Gasteiger partial charge >= 0.3 is 5.97 Å². The Balaban J connectivity index is 1.45. The molecule has 0 spiro atoms. The molecule has 0 bridgehead atoms. The number of aromatic carboxylic acids is 1. The van der Waals surface area contributed by atoms with Crippen LogP contribution in [0.3, 0.4) is 0 Å². The Labute approximate surface area is 170 Å². The van der Waals surface area contributed by atoms with Crippen molar-refractivity contribution in [2.24, 2.45) is 10.7 Å². The number of fused-ring (bicyclic) bond motifs is 1. The van der Waals surface area contributed by atoms with E-state index in [-0.39, 0.29) is 11.7 Å². The maximum atomic E-state index is 10.9. The number of ether oxygens (including phenoxy) is 1. The minimum atomic E-state index is -1.09. The van der Waals surface area contributed by atoms with E-state index in [9.17, 15) is 4.79 Å². The highest BCUT2D eigenvalue weighted by Crippen LogP contribution is 2.41. The molecule has 4 heterocycles. The second-order valence-corrected chi connectivity index (χ2v) is 7.22. The maximum absolute atomic E-state index is 10.9. The van der Waals surface area contributed by atoms with Gasteiger partial charge in [-0.1, -0.05) is 0 Å². The third-order valence-electron chi connectivity index (χ3n) is 4.45. The molecule has 0 radical (unpaired) electrons. The molecule has 2 atom stereocenters. The first-order valence-electron chi connectivity index (χ1n) is 8.89. The number of aromatic nitrogens is 3. The van der Waals surface area contributed by atoms with Gasteiger partial charge in [-0.25, -0.2) is 19.8 Å². The Morgan fingerprint density at radius 2 is 2.17 bits per heavy atom. The third kappa shape index (κ3) is 4.23. The lowest BCUT2D eigenvalue weighted by atomic mass is 10.0. The largest absolute Gasteiger partial charge is 0.477 e. The number of carboxylic acid groups (broad SMARTS) is 1. The summed E-state index contributed by atoms with van der Waals surface area (Å²) in [6.07, 6.45) is 8.79. The predicted octanol–water partition coefficient (Wildman–Crippen LogP) is 3.00. The molecule has 0 saturated heterocycles. The molecule has 148 valence electrons. The monoisotopic (exact) mass is 410 g/mol. The summed E-state index contributed by atoms with van der Waals surface area (Å²) in [5.74, 6) is 0.0474. The number of hydrogen-bond acceptors (Lipinski definition) is 9. The quantitative estimate of drug-likeness (QED) is 0.569. The molecule has 0 amide bonds. The predicted molar refractivity (Wildman–Crippen MR) is 109 cm³/mol. The Morgan fingerprint density at radius 3 is 2.90 bits per heavy atom. The van der Waals surface area contributed by atoms with Gasteiger partial charge in [0.2, 0.25) is 0 Å². The summed E-state index contributed by atoms with van der Waals surface area (Å²) in [6.45, 7) is 0. The minimum absolute atomic E-state index is 0.00705. The molecule has 0 aliphatic carbocycles. The lowest BCUT2D eigenvalue weighted by Crippen LogP contribution is -2.33. The Hall–Kier alpha value is -3.37. The molecular formula is C19H18N6O3S. The van der Waals surface area contributed by atoms with Gasteiger partial charge in [-0.05, 0) is 30.0 Å². The topological polar surface area (TPSA) is 127 Å². The summed E-state index contributed by atoms with van der Waals surface area (Å²) in [5.41, 5.74) is 7.23. The lowest BCUT2D eigenvalue weighted by Gasteiger charge is -2.32. The van der Waals surface area contributed by atoms with Crippen LogP contribution in [0, 0.1) is 0 Å². The van der Waals surface area contributed by atoms with Gasteiger partial charge in [0.25, 0.3) is 0 Å². The number of carbonyl (C=O) groups is 1. The van der Waals surface area contributed by atoms with Gasteiger partial charge in [0.1, 0.15) is 22.7 Å². The van der Waals surface area contributed by atoms with Crippen molar-refractivity contribution in [1.29, 1.82) is 0 Å². The Kier molecular flexibility index (Phi) is 5.45. The lowest BCUT2D eigenvalue weighted by molar-refractivity contribution is 0.0690. The van der Waals surface area contributed by atoms with Gasteiger partial charge in [0, 0.05) is 24.4 Å². The van der Waals surface area contributed by atoms with E-state index >= 15 is 0 Å².